The first-order valence-electron chi connectivity index (χ1n) is 10.4. The van der Waals surface area contributed by atoms with Crippen LogP contribution in [0.4, 0.5) is 11.6 Å². The summed E-state index contributed by atoms with van der Waals surface area (Å²) in [7, 11) is -3.82. The molecule has 8 heteroatoms. The lowest BCUT2D eigenvalue weighted by atomic mass is 9.86. The molecule has 0 aliphatic heterocycles. The van der Waals surface area contributed by atoms with Crippen molar-refractivity contribution >= 4 is 27.5 Å². The number of rotatable bonds is 7. The summed E-state index contributed by atoms with van der Waals surface area (Å²) in [6.07, 6.45) is 0.961. The van der Waals surface area contributed by atoms with Gasteiger partial charge in [-0.15, -0.1) is 0 Å². The first-order valence-corrected chi connectivity index (χ1v) is 11.9. The smallest absolute Gasteiger partial charge is 0.264 e. The maximum Gasteiger partial charge on any atom is 0.264 e. The van der Waals surface area contributed by atoms with E-state index in [9.17, 15) is 13.2 Å². The van der Waals surface area contributed by atoms with Gasteiger partial charge in [0.25, 0.3) is 10.0 Å². The number of amides is 1. The maximum absolute atomic E-state index is 12.6. The molecule has 0 spiro atoms. The lowest BCUT2D eigenvalue weighted by Gasteiger charge is -2.19. The molecule has 1 heterocycles. The third-order valence-corrected chi connectivity index (χ3v) is 6.64. The molecule has 0 aliphatic carbocycles. The molecule has 1 amide bonds. The molecule has 170 valence electrons. The van der Waals surface area contributed by atoms with Crippen LogP contribution in [0.5, 0.6) is 0 Å². The van der Waals surface area contributed by atoms with E-state index in [0.29, 0.717) is 29.8 Å². The molecule has 0 radical (unpaired) electrons. The highest BCUT2D eigenvalue weighted by Crippen LogP contribution is 2.24. The number of anilines is 2. The van der Waals surface area contributed by atoms with Gasteiger partial charge in [-0.05, 0) is 61.1 Å². The molecule has 0 bridgehead atoms. The van der Waals surface area contributed by atoms with Gasteiger partial charge in [-0.25, -0.2) is 13.1 Å². The van der Waals surface area contributed by atoms with Crippen molar-refractivity contribution in [2.24, 2.45) is 0 Å². The third-order valence-electron chi connectivity index (χ3n) is 5.29. The Morgan fingerprint density at radius 1 is 1.00 bits per heavy atom. The summed E-state index contributed by atoms with van der Waals surface area (Å²) >= 11 is 0. The van der Waals surface area contributed by atoms with Crippen molar-refractivity contribution in [2.75, 3.05) is 10.0 Å². The molecule has 7 nitrogen and oxygen atoms in total. The van der Waals surface area contributed by atoms with E-state index in [1.807, 2.05) is 0 Å². The summed E-state index contributed by atoms with van der Waals surface area (Å²) in [5.41, 5.74) is 4.22. The number of nitrogens with zero attached hydrogens (tertiary/aromatic N) is 1. The molecule has 0 fully saturated rings. The summed E-state index contributed by atoms with van der Waals surface area (Å²) in [4.78, 5) is 12.4. The molecule has 0 atom stereocenters. The molecule has 0 unspecified atom stereocenters. The monoisotopic (exact) mass is 455 g/mol. The number of hydrogen-bond donors (Lipinski definition) is 2. The minimum Gasteiger partial charge on any atom is -0.337 e. The first kappa shape index (κ1) is 23.5. The number of carbonyl (C=O) groups is 1. The van der Waals surface area contributed by atoms with Crippen molar-refractivity contribution in [1.82, 2.24) is 5.16 Å². The van der Waals surface area contributed by atoms with Crippen LogP contribution in [0.2, 0.25) is 0 Å². The van der Waals surface area contributed by atoms with Gasteiger partial charge < -0.3 is 9.84 Å². The second-order valence-electron chi connectivity index (χ2n) is 8.85. The summed E-state index contributed by atoms with van der Waals surface area (Å²) in [5, 5.41) is 6.55. The van der Waals surface area contributed by atoms with Crippen LogP contribution in [0, 0.1) is 13.8 Å². The van der Waals surface area contributed by atoms with Gasteiger partial charge in [0.15, 0.2) is 0 Å². The fourth-order valence-corrected chi connectivity index (χ4v) is 4.11. The molecule has 32 heavy (non-hydrogen) atoms. The fourth-order valence-electron chi connectivity index (χ4n) is 3.06. The van der Waals surface area contributed by atoms with Crippen LogP contribution >= 0.6 is 0 Å². The summed E-state index contributed by atoms with van der Waals surface area (Å²) < 4.78 is 32.5. The van der Waals surface area contributed by atoms with E-state index in [2.05, 4.69) is 60.2 Å². The van der Waals surface area contributed by atoms with Crippen molar-refractivity contribution in [1.29, 1.82) is 0 Å². The molecule has 0 saturated heterocycles. The zero-order chi connectivity index (χ0) is 23.5. The standard InChI is InChI=1S/C24H29N3O4S/c1-16-17(2)26-31-23(16)27-32(29,30)21-13-11-20(12-14-21)25-22(28)15-8-18-6-9-19(10-7-18)24(3,4)5/h6-7,9-14,27H,8,15H2,1-5H3,(H,25,28). The lowest BCUT2D eigenvalue weighted by molar-refractivity contribution is -0.116. The van der Waals surface area contributed by atoms with E-state index in [4.69, 9.17) is 4.52 Å². The van der Waals surface area contributed by atoms with Gasteiger partial charge in [0.05, 0.1) is 10.6 Å². The minimum atomic E-state index is -3.82. The lowest BCUT2D eigenvalue weighted by Crippen LogP contribution is -2.14. The highest BCUT2D eigenvalue weighted by Gasteiger charge is 2.19. The molecule has 0 saturated carbocycles. The topological polar surface area (TPSA) is 101 Å². The minimum absolute atomic E-state index is 0.0582. The molecular formula is C24H29N3O4S. The Bertz CT molecular complexity index is 1190. The van der Waals surface area contributed by atoms with E-state index >= 15 is 0 Å². The summed E-state index contributed by atoms with van der Waals surface area (Å²) in [6.45, 7) is 9.95. The van der Waals surface area contributed by atoms with Gasteiger partial charge in [-0.2, -0.15) is 0 Å². The van der Waals surface area contributed by atoms with Crippen LogP contribution in [-0.4, -0.2) is 19.5 Å². The number of carbonyl (C=O) groups excluding carboxylic acids is 1. The van der Waals surface area contributed by atoms with Crippen LogP contribution in [0.1, 0.15) is 49.6 Å². The number of hydrogen-bond acceptors (Lipinski definition) is 5. The highest BCUT2D eigenvalue weighted by atomic mass is 32.2. The van der Waals surface area contributed by atoms with Crippen LogP contribution in [-0.2, 0) is 26.7 Å². The largest absolute Gasteiger partial charge is 0.337 e. The van der Waals surface area contributed by atoms with E-state index in [1.54, 1.807) is 26.0 Å². The molecule has 1 aromatic heterocycles. The second kappa shape index (κ2) is 9.16. The summed E-state index contributed by atoms with van der Waals surface area (Å²) in [6, 6.07) is 14.3. The van der Waals surface area contributed by atoms with Crippen molar-refractivity contribution < 1.29 is 17.7 Å². The quantitative estimate of drug-likeness (QED) is 0.524. The second-order valence-corrected chi connectivity index (χ2v) is 10.5. The van der Waals surface area contributed by atoms with Gasteiger partial charge in [-0.3, -0.25) is 4.79 Å². The number of nitrogens with one attached hydrogen (secondary N) is 2. The molecule has 3 aromatic rings. The van der Waals surface area contributed by atoms with Crippen LogP contribution in [0.3, 0.4) is 0 Å². The Balaban J connectivity index is 1.57. The SMILES string of the molecule is Cc1noc(NS(=O)(=O)c2ccc(NC(=O)CCc3ccc(C(C)(C)C)cc3)cc2)c1C. The summed E-state index contributed by atoms with van der Waals surface area (Å²) in [5.74, 6) is -0.0400. The Hall–Kier alpha value is -3.13. The highest BCUT2D eigenvalue weighted by molar-refractivity contribution is 7.92. The molecule has 2 N–H and O–H groups in total. The molecular weight excluding hydrogens is 426 g/mol. The third kappa shape index (κ3) is 5.76. The van der Waals surface area contributed by atoms with Crippen molar-refractivity contribution in [3.05, 3.63) is 70.9 Å². The molecule has 3 rings (SSSR count). The van der Waals surface area contributed by atoms with Gasteiger partial charge in [-0.1, -0.05) is 50.2 Å². The number of sulfonamides is 1. The Labute approximate surface area is 189 Å². The van der Waals surface area contributed by atoms with Crippen molar-refractivity contribution in [2.45, 2.75) is 57.8 Å². The van der Waals surface area contributed by atoms with E-state index in [0.717, 1.165) is 5.56 Å². The Kier molecular flexibility index (Phi) is 6.74. The van der Waals surface area contributed by atoms with Gasteiger partial charge in [0.2, 0.25) is 11.8 Å². The van der Waals surface area contributed by atoms with E-state index in [1.165, 1.54) is 17.7 Å². The van der Waals surface area contributed by atoms with Crippen LogP contribution in [0.25, 0.3) is 0 Å². The van der Waals surface area contributed by atoms with Crippen LogP contribution in [0.15, 0.2) is 57.9 Å². The Morgan fingerprint density at radius 2 is 1.62 bits per heavy atom. The first-order chi connectivity index (χ1) is 15.0. The predicted molar refractivity (Wildman–Crippen MR) is 125 cm³/mol. The zero-order valence-corrected chi connectivity index (χ0v) is 19.8. The van der Waals surface area contributed by atoms with Crippen molar-refractivity contribution in [3.63, 3.8) is 0 Å². The zero-order valence-electron chi connectivity index (χ0n) is 19.0. The fraction of sp³-hybridized carbons (Fsp3) is 0.333. The molecule has 0 aliphatic rings. The Morgan fingerprint density at radius 3 is 2.16 bits per heavy atom. The van der Waals surface area contributed by atoms with Gasteiger partial charge in [0, 0.05) is 17.7 Å². The molecule has 2 aromatic carbocycles. The van der Waals surface area contributed by atoms with Gasteiger partial charge in [0.1, 0.15) is 0 Å². The normalized spacial score (nSPS) is 11.9. The maximum atomic E-state index is 12.6. The number of aryl methyl sites for hydroxylation is 2. The van der Waals surface area contributed by atoms with E-state index < -0.39 is 10.0 Å². The van der Waals surface area contributed by atoms with Gasteiger partial charge >= 0.3 is 0 Å². The van der Waals surface area contributed by atoms with Crippen molar-refractivity contribution in [3.8, 4) is 0 Å². The predicted octanol–water partition coefficient (Wildman–Crippen LogP) is 4.96. The average Bonchev–Trinajstić information content (AvgIpc) is 3.04. The van der Waals surface area contributed by atoms with Crippen LogP contribution < -0.4 is 10.0 Å². The average molecular weight is 456 g/mol. The van der Waals surface area contributed by atoms with E-state index in [-0.39, 0.29) is 22.1 Å². The number of benzene rings is 2. The number of aromatic nitrogens is 1.